The van der Waals surface area contributed by atoms with Crippen LogP contribution in [0.5, 0.6) is 0 Å². The zero-order valence-corrected chi connectivity index (χ0v) is 12.4. The third kappa shape index (κ3) is 1.98. The third-order valence-corrected chi connectivity index (χ3v) is 4.15. The Bertz CT molecular complexity index is 667. The minimum absolute atomic E-state index is 0. The summed E-state index contributed by atoms with van der Waals surface area (Å²) in [6.07, 6.45) is 0. The molecule has 0 aliphatic carbocycles. The summed E-state index contributed by atoms with van der Waals surface area (Å²) in [5.74, 6) is 1.17. The third-order valence-electron chi connectivity index (χ3n) is 4.15. The number of rotatable bonds is 0. The van der Waals surface area contributed by atoms with Gasteiger partial charge in [0.05, 0.1) is 5.69 Å². The second-order valence-electron chi connectivity index (χ2n) is 5.41. The molecule has 0 radical (unpaired) electrons. The van der Waals surface area contributed by atoms with E-state index in [1.54, 1.807) is 0 Å². The van der Waals surface area contributed by atoms with E-state index >= 15 is 0 Å². The first-order valence-electron chi connectivity index (χ1n) is 6.87. The number of likely N-dealkylation sites (N-methyl/N-ethyl adjacent to an activating group) is 1. The van der Waals surface area contributed by atoms with Gasteiger partial charge in [0.1, 0.15) is 5.84 Å². The van der Waals surface area contributed by atoms with Gasteiger partial charge in [0.15, 0.2) is 0 Å². The van der Waals surface area contributed by atoms with Crippen molar-refractivity contribution < 1.29 is 0 Å². The Labute approximate surface area is 125 Å². The molecule has 3 nitrogen and oxygen atoms in total. The Kier molecular flexibility index (Phi) is 3.40. The number of nitrogens with zero attached hydrogens (tertiary/aromatic N) is 3. The fraction of sp³-hybridized carbons (Fsp3) is 0.312. The highest BCUT2D eigenvalue weighted by Gasteiger charge is 2.24. The van der Waals surface area contributed by atoms with Crippen LogP contribution in [0, 0.1) is 0 Å². The molecule has 0 saturated carbocycles. The summed E-state index contributed by atoms with van der Waals surface area (Å²) in [4.78, 5) is 9.67. The van der Waals surface area contributed by atoms with E-state index in [2.05, 4.69) is 53.2 Å². The molecule has 2 aliphatic heterocycles. The number of hydrogen-bond donors (Lipinski definition) is 0. The Hall–Kier alpha value is -1.58. The first-order chi connectivity index (χ1) is 9.33. The van der Waals surface area contributed by atoms with E-state index in [-0.39, 0.29) is 12.4 Å². The van der Waals surface area contributed by atoms with Crippen LogP contribution in [0.2, 0.25) is 0 Å². The lowest BCUT2D eigenvalue weighted by atomic mass is 10.0. The van der Waals surface area contributed by atoms with Crippen molar-refractivity contribution in [1.29, 1.82) is 0 Å². The van der Waals surface area contributed by atoms with Crippen LogP contribution in [0.4, 0.5) is 5.69 Å². The van der Waals surface area contributed by atoms with Gasteiger partial charge >= 0.3 is 0 Å². The lowest BCUT2D eigenvalue weighted by Crippen LogP contribution is -2.47. The van der Waals surface area contributed by atoms with Crippen molar-refractivity contribution in [3.05, 3.63) is 42.0 Å². The number of aliphatic imine (C=N–C) groups is 1. The second-order valence-corrected chi connectivity index (χ2v) is 5.41. The molecular formula is C16H18ClN3. The van der Waals surface area contributed by atoms with E-state index in [0.717, 1.165) is 31.9 Å². The standard InChI is InChI=1S/C16H17N3.ClH/c1-18-8-10-19(11-9-18)16-13-6-2-4-12-5-3-7-14(17-16)15(12)13;/h2-7H,8-11H2,1H3;1H. The van der Waals surface area contributed by atoms with Crippen molar-refractivity contribution in [1.82, 2.24) is 9.80 Å². The molecule has 4 heteroatoms. The van der Waals surface area contributed by atoms with Gasteiger partial charge < -0.3 is 9.80 Å². The summed E-state index contributed by atoms with van der Waals surface area (Å²) in [6, 6.07) is 12.9. The largest absolute Gasteiger partial charge is 0.354 e. The summed E-state index contributed by atoms with van der Waals surface area (Å²) >= 11 is 0. The summed E-state index contributed by atoms with van der Waals surface area (Å²) in [5.41, 5.74) is 2.43. The summed E-state index contributed by atoms with van der Waals surface area (Å²) in [7, 11) is 2.18. The molecule has 0 bridgehead atoms. The van der Waals surface area contributed by atoms with Gasteiger partial charge in [-0.2, -0.15) is 0 Å². The van der Waals surface area contributed by atoms with E-state index < -0.39 is 0 Å². The van der Waals surface area contributed by atoms with Crippen molar-refractivity contribution in [3.8, 4) is 0 Å². The molecule has 2 aliphatic rings. The molecule has 104 valence electrons. The molecule has 20 heavy (non-hydrogen) atoms. The predicted molar refractivity (Wildman–Crippen MR) is 86.5 cm³/mol. The van der Waals surface area contributed by atoms with E-state index in [0.29, 0.717) is 0 Å². The van der Waals surface area contributed by atoms with Crippen LogP contribution in [-0.2, 0) is 0 Å². The highest BCUT2D eigenvalue weighted by atomic mass is 35.5. The minimum atomic E-state index is 0. The van der Waals surface area contributed by atoms with Gasteiger partial charge in [-0.25, -0.2) is 4.99 Å². The van der Waals surface area contributed by atoms with E-state index in [9.17, 15) is 0 Å². The second kappa shape index (κ2) is 5.08. The molecule has 2 heterocycles. The van der Waals surface area contributed by atoms with Gasteiger partial charge in [-0.05, 0) is 18.5 Å². The molecule has 4 rings (SSSR count). The van der Waals surface area contributed by atoms with Crippen molar-refractivity contribution in [3.63, 3.8) is 0 Å². The monoisotopic (exact) mass is 287 g/mol. The van der Waals surface area contributed by atoms with Crippen molar-refractivity contribution >= 4 is 34.7 Å². The van der Waals surface area contributed by atoms with Gasteiger partial charge in [0.2, 0.25) is 0 Å². The number of halogens is 1. The van der Waals surface area contributed by atoms with Crippen LogP contribution in [0.3, 0.4) is 0 Å². The van der Waals surface area contributed by atoms with Gasteiger partial charge in [-0.1, -0.05) is 30.3 Å². The van der Waals surface area contributed by atoms with Crippen molar-refractivity contribution in [2.24, 2.45) is 4.99 Å². The molecule has 1 saturated heterocycles. The van der Waals surface area contributed by atoms with Gasteiger partial charge in [0, 0.05) is 37.1 Å². The zero-order valence-electron chi connectivity index (χ0n) is 11.5. The smallest absolute Gasteiger partial charge is 0.137 e. The van der Waals surface area contributed by atoms with Crippen LogP contribution in [0.25, 0.3) is 10.8 Å². The Morgan fingerprint density at radius 2 is 1.65 bits per heavy atom. The van der Waals surface area contributed by atoms with Gasteiger partial charge in [-0.3, -0.25) is 0 Å². The Morgan fingerprint density at radius 1 is 0.950 bits per heavy atom. The van der Waals surface area contributed by atoms with Crippen molar-refractivity contribution in [2.45, 2.75) is 0 Å². The molecule has 0 unspecified atom stereocenters. The normalized spacial score (nSPS) is 18.1. The molecule has 0 atom stereocenters. The SMILES string of the molecule is CN1CCN(C2=Nc3cccc4cccc2c34)CC1.Cl. The number of benzene rings is 2. The maximum atomic E-state index is 4.87. The fourth-order valence-corrected chi connectivity index (χ4v) is 3.03. The van der Waals surface area contributed by atoms with E-state index in [1.807, 2.05) is 0 Å². The summed E-state index contributed by atoms with van der Waals surface area (Å²) in [5, 5.41) is 2.61. The zero-order chi connectivity index (χ0) is 12.8. The van der Waals surface area contributed by atoms with Crippen LogP contribution in [-0.4, -0.2) is 48.9 Å². The van der Waals surface area contributed by atoms with Crippen molar-refractivity contribution in [2.75, 3.05) is 33.2 Å². The first kappa shape index (κ1) is 13.4. The number of piperazine rings is 1. The highest BCUT2D eigenvalue weighted by Crippen LogP contribution is 2.36. The molecule has 0 amide bonds. The van der Waals surface area contributed by atoms with Gasteiger partial charge in [0.25, 0.3) is 0 Å². The Morgan fingerprint density at radius 3 is 2.40 bits per heavy atom. The van der Waals surface area contributed by atoms with Crippen LogP contribution in [0.1, 0.15) is 5.56 Å². The molecule has 1 fully saturated rings. The van der Waals surface area contributed by atoms with E-state index in [4.69, 9.17) is 4.99 Å². The molecule has 0 aromatic heterocycles. The average Bonchev–Trinajstić information content (AvgIpc) is 2.82. The lowest BCUT2D eigenvalue weighted by Gasteiger charge is -2.34. The predicted octanol–water partition coefficient (Wildman–Crippen LogP) is 2.90. The molecule has 0 spiro atoms. The molecule has 2 aromatic rings. The topological polar surface area (TPSA) is 18.8 Å². The van der Waals surface area contributed by atoms with Crippen LogP contribution >= 0.6 is 12.4 Å². The minimum Gasteiger partial charge on any atom is -0.354 e. The average molecular weight is 288 g/mol. The summed E-state index contributed by atoms with van der Waals surface area (Å²) < 4.78 is 0. The molecule has 0 N–H and O–H groups in total. The fourth-order valence-electron chi connectivity index (χ4n) is 3.03. The quantitative estimate of drug-likeness (QED) is 0.742. The highest BCUT2D eigenvalue weighted by molar-refractivity contribution is 6.18. The number of amidine groups is 1. The Balaban J connectivity index is 0.00000121. The maximum absolute atomic E-state index is 4.87. The number of hydrogen-bond acceptors (Lipinski definition) is 3. The molecule has 2 aromatic carbocycles. The lowest BCUT2D eigenvalue weighted by molar-refractivity contribution is 0.216. The molecular weight excluding hydrogens is 270 g/mol. The van der Waals surface area contributed by atoms with Gasteiger partial charge in [-0.15, -0.1) is 12.4 Å². The maximum Gasteiger partial charge on any atom is 0.137 e. The van der Waals surface area contributed by atoms with Crippen LogP contribution < -0.4 is 0 Å². The first-order valence-corrected chi connectivity index (χ1v) is 6.87. The van der Waals surface area contributed by atoms with Crippen LogP contribution in [0.15, 0.2) is 41.4 Å². The van der Waals surface area contributed by atoms with E-state index in [1.165, 1.54) is 22.2 Å². The summed E-state index contributed by atoms with van der Waals surface area (Å²) in [6.45, 7) is 4.37.